The monoisotopic (exact) mass is 243 g/mol. The number of aliphatic hydroxyl groups is 1. The Balaban J connectivity index is 2.90. The van der Waals surface area contributed by atoms with E-state index in [1.54, 1.807) is 6.92 Å². The van der Waals surface area contributed by atoms with Gasteiger partial charge in [0.15, 0.2) is 11.6 Å². The number of anilines is 1. The molecule has 1 aromatic heterocycles. The summed E-state index contributed by atoms with van der Waals surface area (Å²) in [6.07, 6.45) is 1.60. The molecule has 7 heteroatoms. The summed E-state index contributed by atoms with van der Waals surface area (Å²) in [5.74, 6) is -1.44. The van der Waals surface area contributed by atoms with Gasteiger partial charge in [-0.25, -0.2) is 19.2 Å². The summed E-state index contributed by atoms with van der Waals surface area (Å²) in [7, 11) is 1.18. The Morgan fingerprint density at radius 1 is 1.65 bits per heavy atom. The van der Waals surface area contributed by atoms with Gasteiger partial charge in [0, 0.05) is 0 Å². The van der Waals surface area contributed by atoms with Gasteiger partial charge in [0.25, 0.3) is 0 Å². The van der Waals surface area contributed by atoms with Crippen LogP contribution in [0.5, 0.6) is 0 Å². The third-order valence-electron chi connectivity index (χ3n) is 2.18. The summed E-state index contributed by atoms with van der Waals surface area (Å²) in [5.41, 5.74) is 0.240. The molecule has 0 aliphatic heterocycles. The Bertz CT molecular complexity index is 400. The van der Waals surface area contributed by atoms with Crippen molar-refractivity contribution in [1.82, 2.24) is 9.97 Å². The second-order valence-electron chi connectivity index (χ2n) is 3.24. The van der Waals surface area contributed by atoms with E-state index in [0.717, 1.165) is 0 Å². The summed E-state index contributed by atoms with van der Waals surface area (Å²) in [6.45, 7) is 1.23. The van der Waals surface area contributed by atoms with Gasteiger partial charge in [-0.1, -0.05) is 6.92 Å². The number of aromatic nitrogens is 2. The van der Waals surface area contributed by atoms with Gasteiger partial charge in [0.1, 0.15) is 12.4 Å². The first-order chi connectivity index (χ1) is 8.13. The van der Waals surface area contributed by atoms with Crippen LogP contribution in [0.1, 0.15) is 12.6 Å². The van der Waals surface area contributed by atoms with Crippen LogP contribution in [0.3, 0.4) is 0 Å². The van der Waals surface area contributed by atoms with Crippen molar-refractivity contribution >= 4 is 11.8 Å². The molecule has 17 heavy (non-hydrogen) atoms. The van der Waals surface area contributed by atoms with Crippen molar-refractivity contribution in [1.29, 1.82) is 0 Å². The minimum Gasteiger partial charge on any atom is -0.467 e. The molecule has 1 atom stereocenters. The highest BCUT2D eigenvalue weighted by atomic mass is 19.1. The first-order valence-corrected chi connectivity index (χ1v) is 5.08. The summed E-state index contributed by atoms with van der Waals surface area (Å²) in [5, 5.41) is 11.4. The topological polar surface area (TPSA) is 84.3 Å². The SMILES string of the molecule is CCc1ncnc(NC(CO)C(=O)OC)c1F. The van der Waals surface area contributed by atoms with Crippen molar-refractivity contribution in [2.75, 3.05) is 19.0 Å². The van der Waals surface area contributed by atoms with E-state index in [2.05, 4.69) is 20.0 Å². The van der Waals surface area contributed by atoms with E-state index in [1.807, 2.05) is 0 Å². The fourth-order valence-electron chi connectivity index (χ4n) is 1.24. The predicted octanol–water partition coefficient (Wildman–Crippen LogP) is 0.124. The van der Waals surface area contributed by atoms with Crippen molar-refractivity contribution in [3.63, 3.8) is 0 Å². The van der Waals surface area contributed by atoms with Gasteiger partial charge < -0.3 is 15.2 Å². The van der Waals surface area contributed by atoms with Crippen molar-refractivity contribution in [3.8, 4) is 0 Å². The number of carbonyl (C=O) groups excluding carboxylic acids is 1. The third kappa shape index (κ3) is 3.10. The number of hydrogen-bond donors (Lipinski definition) is 2. The summed E-state index contributed by atoms with van der Waals surface area (Å²) >= 11 is 0. The van der Waals surface area contributed by atoms with Crippen LogP contribution in [-0.2, 0) is 16.0 Å². The van der Waals surface area contributed by atoms with Gasteiger partial charge in [-0.05, 0) is 6.42 Å². The Morgan fingerprint density at radius 2 is 2.35 bits per heavy atom. The van der Waals surface area contributed by atoms with Crippen LogP contribution in [0.15, 0.2) is 6.33 Å². The number of halogens is 1. The van der Waals surface area contributed by atoms with Crippen LogP contribution in [0, 0.1) is 5.82 Å². The molecule has 0 fully saturated rings. The molecule has 2 N–H and O–H groups in total. The van der Waals surface area contributed by atoms with E-state index in [9.17, 15) is 9.18 Å². The maximum atomic E-state index is 13.7. The normalized spacial score (nSPS) is 12.0. The van der Waals surface area contributed by atoms with E-state index in [-0.39, 0.29) is 11.5 Å². The van der Waals surface area contributed by atoms with Crippen LogP contribution in [-0.4, -0.2) is 40.8 Å². The summed E-state index contributed by atoms with van der Waals surface area (Å²) < 4.78 is 18.2. The number of ether oxygens (including phenoxy) is 1. The lowest BCUT2D eigenvalue weighted by Crippen LogP contribution is -2.34. The third-order valence-corrected chi connectivity index (χ3v) is 2.18. The molecule has 0 bridgehead atoms. The minimum absolute atomic E-state index is 0.124. The molecule has 1 unspecified atom stereocenters. The Labute approximate surface area is 97.8 Å². The number of methoxy groups -OCH3 is 1. The van der Waals surface area contributed by atoms with Gasteiger partial charge in [0.2, 0.25) is 0 Å². The van der Waals surface area contributed by atoms with Crippen LogP contribution >= 0.6 is 0 Å². The van der Waals surface area contributed by atoms with Crippen LogP contribution in [0.2, 0.25) is 0 Å². The van der Waals surface area contributed by atoms with Gasteiger partial charge >= 0.3 is 5.97 Å². The zero-order chi connectivity index (χ0) is 12.8. The first kappa shape index (κ1) is 13.3. The maximum Gasteiger partial charge on any atom is 0.330 e. The van der Waals surface area contributed by atoms with Crippen molar-refractivity contribution in [2.24, 2.45) is 0 Å². The standard InChI is InChI=1S/C10H14FN3O3/c1-3-6-8(11)9(13-5-12-6)14-7(4-15)10(16)17-2/h5,7,15H,3-4H2,1-2H3,(H,12,13,14). The van der Waals surface area contributed by atoms with Gasteiger partial charge in [-0.3, -0.25) is 0 Å². The number of nitrogens with one attached hydrogen (secondary N) is 1. The number of hydrogen-bond acceptors (Lipinski definition) is 6. The van der Waals surface area contributed by atoms with Crippen LogP contribution < -0.4 is 5.32 Å². The Kier molecular flexibility index (Phi) is 4.77. The van der Waals surface area contributed by atoms with E-state index in [4.69, 9.17) is 5.11 Å². The molecule has 1 rings (SSSR count). The van der Waals surface area contributed by atoms with Gasteiger partial charge in [0.05, 0.1) is 19.4 Å². The minimum atomic E-state index is -1.05. The highest BCUT2D eigenvalue weighted by Crippen LogP contribution is 2.14. The Hall–Kier alpha value is -1.76. The molecule has 0 spiro atoms. The lowest BCUT2D eigenvalue weighted by molar-refractivity contribution is -0.142. The number of nitrogens with zero attached hydrogens (tertiary/aromatic N) is 2. The van der Waals surface area contributed by atoms with Crippen molar-refractivity contribution < 1.29 is 19.0 Å². The fourth-order valence-corrected chi connectivity index (χ4v) is 1.24. The summed E-state index contributed by atoms with van der Waals surface area (Å²) in [6, 6.07) is -1.05. The van der Waals surface area contributed by atoms with Crippen molar-refractivity contribution in [2.45, 2.75) is 19.4 Å². The molecule has 0 aliphatic carbocycles. The highest BCUT2D eigenvalue weighted by molar-refractivity contribution is 5.78. The van der Waals surface area contributed by atoms with E-state index in [0.29, 0.717) is 6.42 Å². The average molecular weight is 243 g/mol. The highest BCUT2D eigenvalue weighted by Gasteiger charge is 2.20. The van der Waals surface area contributed by atoms with Gasteiger partial charge in [-0.2, -0.15) is 0 Å². The summed E-state index contributed by atoms with van der Waals surface area (Å²) in [4.78, 5) is 18.6. The number of aryl methyl sites for hydroxylation is 1. The zero-order valence-electron chi connectivity index (χ0n) is 9.61. The molecule has 1 heterocycles. The molecule has 1 aromatic rings. The zero-order valence-corrected chi connectivity index (χ0v) is 9.61. The predicted molar refractivity (Wildman–Crippen MR) is 57.9 cm³/mol. The first-order valence-electron chi connectivity index (χ1n) is 5.08. The van der Waals surface area contributed by atoms with Crippen LogP contribution in [0.4, 0.5) is 10.2 Å². The number of carbonyl (C=O) groups is 1. The molecule has 94 valence electrons. The lowest BCUT2D eigenvalue weighted by Gasteiger charge is -2.15. The quantitative estimate of drug-likeness (QED) is 0.715. The average Bonchev–Trinajstić information content (AvgIpc) is 2.36. The van der Waals surface area contributed by atoms with E-state index in [1.165, 1.54) is 13.4 Å². The van der Waals surface area contributed by atoms with Crippen LogP contribution in [0.25, 0.3) is 0 Å². The lowest BCUT2D eigenvalue weighted by atomic mass is 10.2. The molecule has 0 radical (unpaired) electrons. The second-order valence-corrected chi connectivity index (χ2v) is 3.24. The number of rotatable bonds is 5. The van der Waals surface area contributed by atoms with Crippen molar-refractivity contribution in [3.05, 3.63) is 17.8 Å². The van der Waals surface area contributed by atoms with Gasteiger partial charge in [-0.15, -0.1) is 0 Å². The molecular formula is C10H14FN3O3. The molecule has 0 aliphatic rings. The molecular weight excluding hydrogens is 229 g/mol. The Morgan fingerprint density at radius 3 is 2.88 bits per heavy atom. The molecule has 0 aromatic carbocycles. The number of aliphatic hydroxyl groups excluding tert-OH is 1. The smallest absolute Gasteiger partial charge is 0.330 e. The molecule has 0 saturated carbocycles. The molecule has 0 saturated heterocycles. The molecule has 0 amide bonds. The van der Waals surface area contributed by atoms with E-state index >= 15 is 0 Å². The maximum absolute atomic E-state index is 13.7. The largest absolute Gasteiger partial charge is 0.467 e. The van der Waals surface area contributed by atoms with E-state index < -0.39 is 24.4 Å². The second kappa shape index (κ2) is 6.09. The number of esters is 1. The fraction of sp³-hybridized carbons (Fsp3) is 0.500. The molecule has 6 nitrogen and oxygen atoms in total.